The van der Waals surface area contributed by atoms with Crippen molar-refractivity contribution in [2.45, 2.75) is 33.3 Å². The number of aryl methyl sites for hydroxylation is 1. The molecule has 0 spiro atoms. The highest BCUT2D eigenvalue weighted by Crippen LogP contribution is 2.24. The summed E-state index contributed by atoms with van der Waals surface area (Å²) in [6, 6.07) is 18.0. The fourth-order valence-corrected chi connectivity index (χ4v) is 2.13. The predicted octanol–water partition coefficient (Wildman–Crippen LogP) is 4.77. The Labute approximate surface area is 132 Å². The minimum Gasteiger partial charge on any atom is -0.457 e. The molecule has 0 heterocycles. The third-order valence-electron chi connectivity index (χ3n) is 3.12. The van der Waals surface area contributed by atoms with Crippen molar-refractivity contribution in [1.29, 1.82) is 0 Å². The summed E-state index contributed by atoms with van der Waals surface area (Å²) in [6.07, 6.45) is 1.57. The Morgan fingerprint density at radius 2 is 1.45 bits per heavy atom. The molecule has 2 aromatic rings. The van der Waals surface area contributed by atoms with E-state index in [0.29, 0.717) is 0 Å². The monoisotopic (exact) mass is 294 g/mol. The van der Waals surface area contributed by atoms with Crippen LogP contribution in [0.1, 0.15) is 37.5 Å². The molecular formula is C20H22O2. The molecule has 2 rings (SSSR count). The second-order valence-corrected chi connectivity index (χ2v) is 6.32. The fraction of sp³-hybridized carbons (Fsp3) is 0.250. The van der Waals surface area contributed by atoms with E-state index in [9.17, 15) is 4.79 Å². The van der Waals surface area contributed by atoms with Crippen LogP contribution < -0.4 is 0 Å². The van der Waals surface area contributed by atoms with Gasteiger partial charge in [0.25, 0.3) is 0 Å². The molecule has 0 atom stereocenters. The van der Waals surface area contributed by atoms with Crippen LogP contribution in [0.3, 0.4) is 0 Å². The van der Waals surface area contributed by atoms with E-state index in [1.807, 2.05) is 82.3 Å². The molecule has 0 aliphatic carbocycles. The van der Waals surface area contributed by atoms with Gasteiger partial charge < -0.3 is 4.74 Å². The van der Waals surface area contributed by atoms with Gasteiger partial charge in [-0.15, -0.1) is 0 Å². The van der Waals surface area contributed by atoms with Gasteiger partial charge in [0.1, 0.15) is 5.60 Å². The van der Waals surface area contributed by atoms with Crippen LogP contribution in [0.25, 0.3) is 5.57 Å². The highest BCUT2D eigenvalue weighted by molar-refractivity contribution is 5.96. The standard InChI is InChI=1S/C20H22O2/c1-15-10-12-17(13-11-15)18(16-8-6-5-7-9-16)14-19(21)22-20(2,3)4/h5-14H,1-4H3. The number of benzene rings is 2. The summed E-state index contributed by atoms with van der Waals surface area (Å²) in [5, 5.41) is 0. The van der Waals surface area contributed by atoms with E-state index in [2.05, 4.69) is 0 Å². The number of carbonyl (C=O) groups excluding carboxylic acids is 1. The predicted molar refractivity (Wildman–Crippen MR) is 90.5 cm³/mol. The highest BCUT2D eigenvalue weighted by atomic mass is 16.6. The molecule has 2 heteroatoms. The second-order valence-electron chi connectivity index (χ2n) is 6.32. The third kappa shape index (κ3) is 4.59. The Hall–Kier alpha value is -2.35. The molecule has 114 valence electrons. The van der Waals surface area contributed by atoms with E-state index in [4.69, 9.17) is 4.74 Å². The molecule has 0 saturated heterocycles. The maximum absolute atomic E-state index is 12.2. The van der Waals surface area contributed by atoms with Gasteiger partial charge in [-0.25, -0.2) is 4.79 Å². The van der Waals surface area contributed by atoms with Crippen LogP contribution in [0.5, 0.6) is 0 Å². The Bertz CT molecular complexity index is 659. The molecule has 0 fully saturated rings. The van der Waals surface area contributed by atoms with Crippen LogP contribution in [0.2, 0.25) is 0 Å². The van der Waals surface area contributed by atoms with Crippen LogP contribution in [0.15, 0.2) is 60.7 Å². The third-order valence-corrected chi connectivity index (χ3v) is 3.12. The number of hydrogen-bond donors (Lipinski definition) is 0. The Morgan fingerprint density at radius 3 is 2.00 bits per heavy atom. The summed E-state index contributed by atoms with van der Waals surface area (Å²) in [5.74, 6) is -0.327. The summed E-state index contributed by atoms with van der Waals surface area (Å²) in [4.78, 5) is 12.2. The number of ether oxygens (including phenoxy) is 1. The van der Waals surface area contributed by atoms with Gasteiger partial charge in [0.05, 0.1) is 0 Å². The van der Waals surface area contributed by atoms with E-state index in [1.54, 1.807) is 6.08 Å². The average molecular weight is 294 g/mol. The van der Waals surface area contributed by atoms with Crippen molar-refractivity contribution in [3.05, 3.63) is 77.4 Å². The molecule has 0 aliphatic heterocycles. The summed E-state index contributed by atoms with van der Waals surface area (Å²) in [5.41, 5.74) is 3.56. The first-order valence-corrected chi connectivity index (χ1v) is 7.42. The summed E-state index contributed by atoms with van der Waals surface area (Å²) >= 11 is 0. The van der Waals surface area contributed by atoms with Crippen molar-refractivity contribution >= 4 is 11.5 Å². The van der Waals surface area contributed by atoms with E-state index >= 15 is 0 Å². The van der Waals surface area contributed by atoms with Crippen molar-refractivity contribution in [2.24, 2.45) is 0 Å². The fourth-order valence-electron chi connectivity index (χ4n) is 2.13. The number of esters is 1. The van der Waals surface area contributed by atoms with Gasteiger partial charge >= 0.3 is 5.97 Å². The van der Waals surface area contributed by atoms with E-state index in [1.165, 1.54) is 5.56 Å². The van der Waals surface area contributed by atoms with Crippen molar-refractivity contribution in [1.82, 2.24) is 0 Å². The molecule has 0 radical (unpaired) electrons. The van der Waals surface area contributed by atoms with Crippen molar-refractivity contribution in [3.8, 4) is 0 Å². The van der Waals surface area contributed by atoms with Gasteiger partial charge in [-0.3, -0.25) is 0 Å². The lowest BCUT2D eigenvalue weighted by atomic mass is 9.97. The van der Waals surface area contributed by atoms with Crippen molar-refractivity contribution < 1.29 is 9.53 Å². The molecule has 0 N–H and O–H groups in total. The molecule has 0 unspecified atom stereocenters. The van der Waals surface area contributed by atoms with Crippen LogP contribution >= 0.6 is 0 Å². The van der Waals surface area contributed by atoms with Crippen LogP contribution in [-0.2, 0) is 9.53 Å². The molecule has 0 aliphatic rings. The number of carbonyl (C=O) groups is 1. The average Bonchev–Trinajstić information content (AvgIpc) is 2.45. The highest BCUT2D eigenvalue weighted by Gasteiger charge is 2.16. The van der Waals surface area contributed by atoms with Gasteiger partial charge in [0.15, 0.2) is 0 Å². The first kappa shape index (κ1) is 16.0. The minimum atomic E-state index is -0.497. The summed E-state index contributed by atoms with van der Waals surface area (Å²) in [6.45, 7) is 7.65. The zero-order chi connectivity index (χ0) is 16.2. The topological polar surface area (TPSA) is 26.3 Å². The molecule has 2 nitrogen and oxygen atoms in total. The lowest BCUT2D eigenvalue weighted by molar-refractivity contribution is -0.148. The van der Waals surface area contributed by atoms with Gasteiger partial charge in [0.2, 0.25) is 0 Å². The molecular weight excluding hydrogens is 272 g/mol. The minimum absolute atomic E-state index is 0.327. The Morgan fingerprint density at radius 1 is 0.909 bits per heavy atom. The van der Waals surface area contributed by atoms with E-state index in [-0.39, 0.29) is 5.97 Å². The number of hydrogen-bond acceptors (Lipinski definition) is 2. The molecule has 0 saturated carbocycles. The molecule has 22 heavy (non-hydrogen) atoms. The lowest BCUT2D eigenvalue weighted by Gasteiger charge is -2.19. The molecule has 2 aromatic carbocycles. The molecule has 0 amide bonds. The lowest BCUT2D eigenvalue weighted by Crippen LogP contribution is -2.22. The zero-order valence-electron chi connectivity index (χ0n) is 13.6. The normalized spacial score (nSPS) is 12.1. The van der Waals surface area contributed by atoms with Crippen LogP contribution in [-0.4, -0.2) is 11.6 Å². The van der Waals surface area contributed by atoms with Crippen LogP contribution in [0, 0.1) is 6.92 Å². The smallest absolute Gasteiger partial charge is 0.331 e. The van der Waals surface area contributed by atoms with Crippen LogP contribution in [0.4, 0.5) is 0 Å². The zero-order valence-corrected chi connectivity index (χ0v) is 13.6. The first-order chi connectivity index (χ1) is 10.3. The number of rotatable bonds is 3. The van der Waals surface area contributed by atoms with Crippen molar-refractivity contribution in [2.75, 3.05) is 0 Å². The van der Waals surface area contributed by atoms with Gasteiger partial charge in [-0.2, -0.15) is 0 Å². The Balaban J connectivity index is 2.42. The maximum atomic E-state index is 12.2. The van der Waals surface area contributed by atoms with Gasteiger partial charge in [0, 0.05) is 6.08 Å². The SMILES string of the molecule is Cc1ccc(C(=CC(=O)OC(C)(C)C)c2ccccc2)cc1. The van der Waals surface area contributed by atoms with E-state index in [0.717, 1.165) is 16.7 Å². The Kier molecular flexibility index (Phi) is 4.81. The largest absolute Gasteiger partial charge is 0.457 e. The molecule has 0 bridgehead atoms. The second kappa shape index (κ2) is 6.61. The quantitative estimate of drug-likeness (QED) is 0.602. The maximum Gasteiger partial charge on any atom is 0.331 e. The van der Waals surface area contributed by atoms with Gasteiger partial charge in [-0.1, -0.05) is 60.2 Å². The molecule has 0 aromatic heterocycles. The first-order valence-electron chi connectivity index (χ1n) is 7.42. The van der Waals surface area contributed by atoms with Gasteiger partial charge in [-0.05, 0) is 44.4 Å². The summed E-state index contributed by atoms with van der Waals surface area (Å²) < 4.78 is 5.42. The van der Waals surface area contributed by atoms with Crippen molar-refractivity contribution in [3.63, 3.8) is 0 Å². The van der Waals surface area contributed by atoms with E-state index < -0.39 is 5.60 Å². The summed E-state index contributed by atoms with van der Waals surface area (Å²) in [7, 11) is 0.